The van der Waals surface area contributed by atoms with Gasteiger partial charge in [-0.1, -0.05) is 18.1 Å². The molecule has 1 aromatic carbocycles. The fraction of sp³-hybridized carbons (Fsp3) is 0.500. The molecule has 1 aliphatic rings. The second-order valence-electron chi connectivity index (χ2n) is 6.97. The summed E-state index contributed by atoms with van der Waals surface area (Å²) in [6, 6.07) is 8.59. The van der Waals surface area contributed by atoms with Crippen molar-refractivity contribution in [3.63, 3.8) is 0 Å². The quantitative estimate of drug-likeness (QED) is 0.936. The molecule has 128 valence electrons. The van der Waals surface area contributed by atoms with Crippen LogP contribution in [-0.2, 0) is 0 Å². The molecule has 1 atom stereocenters. The van der Waals surface area contributed by atoms with Gasteiger partial charge in [-0.2, -0.15) is 0 Å². The van der Waals surface area contributed by atoms with Crippen LogP contribution in [0, 0.1) is 13.8 Å². The molecular weight excluding hydrogens is 298 g/mol. The fourth-order valence-corrected chi connectivity index (χ4v) is 3.56. The molecule has 0 spiro atoms. The van der Waals surface area contributed by atoms with Crippen LogP contribution < -0.4 is 5.32 Å². The Bertz CT molecular complexity index is 741. The average molecular weight is 325 g/mol. The Labute approximate surface area is 144 Å². The van der Waals surface area contributed by atoms with Gasteiger partial charge in [-0.15, -0.1) is 0 Å². The Balaban J connectivity index is 1.70. The number of carbonyl (C=O) groups is 1. The van der Waals surface area contributed by atoms with Crippen LogP contribution >= 0.6 is 0 Å². The summed E-state index contributed by atoms with van der Waals surface area (Å²) in [5.74, 6) is 0.000706. The number of likely N-dealkylation sites (tertiary alicyclic amines) is 1. The first-order valence-electron chi connectivity index (χ1n) is 8.95. The van der Waals surface area contributed by atoms with Crippen LogP contribution in [0.4, 0.5) is 0 Å². The number of nitrogens with one attached hydrogen (secondary N) is 1. The standard InChI is InChI=1S/C20H27N3O/c1-14-7-8-19-17(12-14)18(13-15(2)22-19)20(24)21-9-11-23-10-5-4-6-16(23)3/h7-8,12-13,16H,4-6,9-11H2,1-3H3,(H,21,24). The Morgan fingerprint density at radius 2 is 2.12 bits per heavy atom. The molecule has 1 aliphatic heterocycles. The normalized spacial score (nSPS) is 18.7. The second kappa shape index (κ2) is 7.31. The van der Waals surface area contributed by atoms with Crippen molar-refractivity contribution in [3.05, 3.63) is 41.1 Å². The maximum absolute atomic E-state index is 12.7. The van der Waals surface area contributed by atoms with Gasteiger partial charge in [0.05, 0.1) is 11.1 Å². The first kappa shape index (κ1) is 16.9. The smallest absolute Gasteiger partial charge is 0.252 e. The van der Waals surface area contributed by atoms with Crippen molar-refractivity contribution in [1.82, 2.24) is 15.2 Å². The van der Waals surface area contributed by atoms with E-state index < -0.39 is 0 Å². The topological polar surface area (TPSA) is 45.2 Å². The molecule has 1 N–H and O–H groups in total. The van der Waals surface area contributed by atoms with Gasteiger partial charge >= 0.3 is 0 Å². The molecule has 0 bridgehead atoms. The Hall–Kier alpha value is -1.94. The van der Waals surface area contributed by atoms with E-state index in [1.807, 2.05) is 38.1 Å². The minimum absolute atomic E-state index is 0.000706. The summed E-state index contributed by atoms with van der Waals surface area (Å²) in [4.78, 5) is 19.7. The number of hydrogen-bond acceptors (Lipinski definition) is 3. The van der Waals surface area contributed by atoms with Gasteiger partial charge in [-0.25, -0.2) is 0 Å². The van der Waals surface area contributed by atoms with Crippen molar-refractivity contribution in [3.8, 4) is 0 Å². The second-order valence-corrected chi connectivity index (χ2v) is 6.97. The van der Waals surface area contributed by atoms with Crippen LogP contribution in [0.5, 0.6) is 0 Å². The molecule has 0 aliphatic carbocycles. The van der Waals surface area contributed by atoms with Gasteiger partial charge in [0.25, 0.3) is 5.91 Å². The zero-order valence-corrected chi connectivity index (χ0v) is 14.9. The minimum atomic E-state index is 0.000706. The summed E-state index contributed by atoms with van der Waals surface area (Å²) < 4.78 is 0. The average Bonchev–Trinajstić information content (AvgIpc) is 2.56. The lowest BCUT2D eigenvalue weighted by Gasteiger charge is -2.33. The van der Waals surface area contributed by atoms with Gasteiger partial charge in [0.1, 0.15) is 0 Å². The van der Waals surface area contributed by atoms with E-state index >= 15 is 0 Å². The number of hydrogen-bond donors (Lipinski definition) is 1. The van der Waals surface area contributed by atoms with E-state index in [1.165, 1.54) is 19.3 Å². The van der Waals surface area contributed by atoms with E-state index in [9.17, 15) is 4.79 Å². The molecule has 1 fully saturated rings. The molecule has 1 saturated heterocycles. The molecular formula is C20H27N3O. The SMILES string of the molecule is Cc1ccc2nc(C)cc(C(=O)NCCN3CCCCC3C)c2c1. The highest BCUT2D eigenvalue weighted by molar-refractivity contribution is 6.06. The lowest BCUT2D eigenvalue weighted by atomic mass is 10.0. The predicted molar refractivity (Wildman–Crippen MR) is 98.4 cm³/mol. The van der Waals surface area contributed by atoms with Crippen LogP contribution in [0.3, 0.4) is 0 Å². The first-order chi connectivity index (χ1) is 11.5. The van der Waals surface area contributed by atoms with Crippen LogP contribution in [0.15, 0.2) is 24.3 Å². The summed E-state index contributed by atoms with van der Waals surface area (Å²) in [5, 5.41) is 4.03. The number of carbonyl (C=O) groups excluding carboxylic acids is 1. The van der Waals surface area contributed by atoms with Crippen molar-refractivity contribution in [2.24, 2.45) is 0 Å². The third kappa shape index (κ3) is 3.75. The number of aryl methyl sites for hydroxylation is 2. The van der Waals surface area contributed by atoms with Gasteiger partial charge < -0.3 is 5.32 Å². The molecule has 2 heterocycles. The highest BCUT2D eigenvalue weighted by Crippen LogP contribution is 2.20. The van der Waals surface area contributed by atoms with Gasteiger partial charge in [-0.3, -0.25) is 14.7 Å². The maximum Gasteiger partial charge on any atom is 0.252 e. The Morgan fingerprint density at radius 1 is 1.29 bits per heavy atom. The van der Waals surface area contributed by atoms with Gasteiger partial charge in [0, 0.05) is 30.2 Å². The number of fused-ring (bicyclic) bond motifs is 1. The minimum Gasteiger partial charge on any atom is -0.351 e. The van der Waals surface area contributed by atoms with Gasteiger partial charge in [0.2, 0.25) is 0 Å². The van der Waals surface area contributed by atoms with Crippen molar-refractivity contribution in [1.29, 1.82) is 0 Å². The predicted octanol–water partition coefficient (Wildman–Crippen LogP) is 3.46. The molecule has 0 saturated carbocycles. The number of rotatable bonds is 4. The number of aromatic nitrogens is 1. The number of piperidine rings is 1. The van der Waals surface area contributed by atoms with E-state index in [0.29, 0.717) is 12.6 Å². The summed E-state index contributed by atoms with van der Waals surface area (Å²) in [7, 11) is 0. The van der Waals surface area contributed by atoms with Crippen molar-refractivity contribution in [2.45, 2.75) is 46.1 Å². The first-order valence-corrected chi connectivity index (χ1v) is 8.95. The largest absolute Gasteiger partial charge is 0.351 e. The zero-order chi connectivity index (χ0) is 17.1. The molecule has 1 unspecified atom stereocenters. The summed E-state index contributed by atoms with van der Waals surface area (Å²) in [6.45, 7) is 9.02. The van der Waals surface area contributed by atoms with Gasteiger partial charge in [-0.05, 0) is 58.4 Å². The lowest BCUT2D eigenvalue weighted by molar-refractivity contribution is 0.0940. The zero-order valence-electron chi connectivity index (χ0n) is 14.9. The van der Waals surface area contributed by atoms with E-state index in [0.717, 1.165) is 40.8 Å². The van der Waals surface area contributed by atoms with E-state index in [2.05, 4.69) is 22.1 Å². The Kier molecular flexibility index (Phi) is 5.14. The maximum atomic E-state index is 12.7. The number of nitrogens with zero attached hydrogens (tertiary/aromatic N) is 2. The number of benzene rings is 1. The lowest BCUT2D eigenvalue weighted by Crippen LogP contribution is -2.42. The summed E-state index contributed by atoms with van der Waals surface area (Å²) >= 11 is 0. The number of amides is 1. The highest BCUT2D eigenvalue weighted by Gasteiger charge is 2.18. The molecule has 3 rings (SSSR count). The third-order valence-corrected chi connectivity index (χ3v) is 4.96. The molecule has 2 aromatic rings. The van der Waals surface area contributed by atoms with E-state index in [1.54, 1.807) is 0 Å². The Morgan fingerprint density at radius 3 is 2.92 bits per heavy atom. The number of pyridine rings is 1. The highest BCUT2D eigenvalue weighted by atomic mass is 16.1. The molecule has 4 nitrogen and oxygen atoms in total. The van der Waals surface area contributed by atoms with Crippen LogP contribution in [0.1, 0.15) is 47.8 Å². The van der Waals surface area contributed by atoms with Crippen molar-refractivity contribution in [2.75, 3.05) is 19.6 Å². The molecule has 0 radical (unpaired) electrons. The fourth-order valence-electron chi connectivity index (χ4n) is 3.56. The third-order valence-electron chi connectivity index (χ3n) is 4.96. The van der Waals surface area contributed by atoms with Crippen LogP contribution in [0.2, 0.25) is 0 Å². The summed E-state index contributed by atoms with van der Waals surface area (Å²) in [5.41, 5.74) is 3.63. The van der Waals surface area contributed by atoms with Crippen LogP contribution in [-0.4, -0.2) is 41.5 Å². The molecule has 24 heavy (non-hydrogen) atoms. The van der Waals surface area contributed by atoms with Crippen molar-refractivity contribution < 1.29 is 4.79 Å². The monoisotopic (exact) mass is 325 g/mol. The van der Waals surface area contributed by atoms with Gasteiger partial charge in [0.15, 0.2) is 0 Å². The molecule has 4 heteroatoms. The van der Waals surface area contributed by atoms with Crippen molar-refractivity contribution >= 4 is 16.8 Å². The molecule has 1 amide bonds. The van der Waals surface area contributed by atoms with E-state index in [-0.39, 0.29) is 5.91 Å². The molecule has 1 aromatic heterocycles. The van der Waals surface area contributed by atoms with E-state index in [4.69, 9.17) is 0 Å². The van der Waals surface area contributed by atoms with Crippen LogP contribution in [0.25, 0.3) is 10.9 Å². The summed E-state index contributed by atoms with van der Waals surface area (Å²) in [6.07, 6.45) is 3.86.